The molecule has 0 fully saturated rings. The number of aromatic nitrogens is 2. The number of nitrogens with two attached hydrogens (primary N) is 1. The van der Waals surface area contributed by atoms with Crippen LogP contribution in [0.15, 0.2) is 160 Å². The number of rotatable bonds is 16. The summed E-state index contributed by atoms with van der Waals surface area (Å²) in [6.07, 6.45) is 0. The van der Waals surface area contributed by atoms with Gasteiger partial charge in [0.15, 0.2) is 17.2 Å². The second-order valence-electron chi connectivity index (χ2n) is 16.9. The molecular formula is C42H28Cl2N12O23S6. The van der Waals surface area contributed by atoms with Gasteiger partial charge >= 0.3 is 0 Å². The molecule has 1 aromatic heterocycles. The molecule has 43 heteroatoms. The number of phenolic OH excluding ortho intramolecular Hbond substituents is 2. The van der Waals surface area contributed by atoms with E-state index in [1.807, 2.05) is 0 Å². The van der Waals surface area contributed by atoms with Gasteiger partial charge in [0, 0.05) is 28.3 Å². The number of aryl methyl sites for hydroxylation is 1. The van der Waals surface area contributed by atoms with E-state index < -0.39 is 201 Å². The molecule has 85 heavy (non-hydrogen) atoms. The smallest absolute Gasteiger partial charge is 0.299 e. The Hall–Kier alpha value is -8.69. The number of non-ortho nitro benzene ring substituents is 1. The maximum atomic E-state index is 13.4. The van der Waals surface area contributed by atoms with E-state index in [1.54, 1.807) is 0 Å². The number of halogens is 2. The van der Waals surface area contributed by atoms with Crippen LogP contribution < -0.4 is 11.3 Å². The molecule has 0 unspecified atom stereocenters. The number of phenols is 2. The minimum Gasteiger partial charge on any atom is -0.505 e. The van der Waals surface area contributed by atoms with Crippen LogP contribution in [0.5, 0.6) is 11.5 Å². The highest BCUT2D eigenvalue weighted by Crippen LogP contribution is 2.48. The first-order valence-corrected chi connectivity index (χ1v) is 31.2. The normalized spacial score (nSPS) is 13.2. The van der Waals surface area contributed by atoms with Gasteiger partial charge in [-0.15, -0.1) is 35.8 Å². The van der Waals surface area contributed by atoms with E-state index in [0.717, 1.165) is 59.3 Å². The zero-order valence-corrected chi connectivity index (χ0v) is 47.5. The van der Waals surface area contributed by atoms with Gasteiger partial charge in [0.25, 0.3) is 72.0 Å². The largest absolute Gasteiger partial charge is 0.505 e. The van der Waals surface area contributed by atoms with Crippen LogP contribution in [0, 0.1) is 17.0 Å². The highest BCUT2D eigenvalue weighted by Gasteiger charge is 2.30. The van der Waals surface area contributed by atoms with Crippen molar-refractivity contribution in [2.75, 3.05) is 5.73 Å². The zero-order valence-electron chi connectivity index (χ0n) is 41.0. The lowest BCUT2D eigenvalue weighted by atomic mass is 10.1. The molecule has 0 radical (unpaired) electrons. The van der Waals surface area contributed by atoms with E-state index >= 15 is 0 Å². The number of benzene rings is 7. The number of azo groups is 4. The summed E-state index contributed by atoms with van der Waals surface area (Å²) in [7, 11) is -32.0. The second kappa shape index (κ2) is 22.1. The van der Waals surface area contributed by atoms with E-state index in [4.69, 9.17) is 28.9 Å². The lowest BCUT2D eigenvalue weighted by molar-refractivity contribution is -0.385. The number of nitro benzene ring substituents is 1. The molecule has 35 nitrogen and oxygen atoms in total. The van der Waals surface area contributed by atoms with E-state index in [0.29, 0.717) is 30.3 Å². The van der Waals surface area contributed by atoms with E-state index in [-0.39, 0.29) is 11.4 Å². The predicted octanol–water partition coefficient (Wildman–Crippen LogP) is 9.13. The van der Waals surface area contributed by atoms with Crippen molar-refractivity contribution in [2.45, 2.75) is 36.3 Å². The Morgan fingerprint density at radius 1 is 0.506 bits per heavy atom. The van der Waals surface area contributed by atoms with Gasteiger partial charge in [-0.25, -0.2) is 4.68 Å². The minimum absolute atomic E-state index is 0.0495. The Bertz CT molecular complexity index is 5210. The summed E-state index contributed by atoms with van der Waals surface area (Å²) in [5, 5.41) is 62.1. The zero-order chi connectivity index (χ0) is 63.0. The summed E-state index contributed by atoms with van der Waals surface area (Å²) < 4.78 is 211. The molecule has 0 saturated heterocycles. The van der Waals surface area contributed by atoms with Gasteiger partial charge in [-0.3, -0.25) is 47.3 Å². The van der Waals surface area contributed by atoms with Crippen molar-refractivity contribution in [3.8, 4) is 17.2 Å². The average Bonchev–Trinajstić information content (AvgIpc) is 1.75. The monoisotopic (exact) mass is 1330 g/mol. The van der Waals surface area contributed by atoms with Gasteiger partial charge in [-0.05, 0) is 73.7 Å². The number of nitrogens with zero attached hydrogens (tertiary/aromatic N) is 10. The van der Waals surface area contributed by atoms with Crippen molar-refractivity contribution in [3.63, 3.8) is 0 Å². The molecule has 0 atom stereocenters. The van der Waals surface area contributed by atoms with E-state index in [1.165, 1.54) is 6.92 Å². The van der Waals surface area contributed by atoms with Crippen LogP contribution in [0.25, 0.3) is 27.2 Å². The molecule has 1 heterocycles. The number of nitrogen functional groups attached to an aromatic ring is 1. The third-order valence-electron chi connectivity index (χ3n) is 11.5. The second-order valence-corrected chi connectivity index (χ2v) is 26.0. The topological polar surface area (TPSA) is 573 Å². The Balaban J connectivity index is 1.19. The van der Waals surface area contributed by atoms with E-state index in [2.05, 4.69) is 46.0 Å². The van der Waals surface area contributed by atoms with Gasteiger partial charge in [-0.2, -0.15) is 55.6 Å². The van der Waals surface area contributed by atoms with Crippen molar-refractivity contribution in [3.05, 3.63) is 121 Å². The third kappa shape index (κ3) is 12.6. The summed E-state index contributed by atoms with van der Waals surface area (Å²) in [5.41, 5.74) is -2.64. The van der Waals surface area contributed by atoms with Gasteiger partial charge in [0.2, 0.25) is 0 Å². The quantitative estimate of drug-likeness (QED) is 0.0142. The third-order valence-corrected chi connectivity index (χ3v) is 17.6. The van der Waals surface area contributed by atoms with E-state index in [9.17, 15) is 103 Å². The molecule has 444 valence electrons. The lowest BCUT2D eigenvalue weighted by Crippen LogP contribution is -2.15. The number of nitrogens with one attached hydrogen (secondary N) is 1. The number of nitro groups is 1. The number of hydrogen-bond donors (Lipinski definition) is 10. The van der Waals surface area contributed by atoms with Crippen LogP contribution in [0.4, 0.5) is 56.9 Å². The first kappa shape index (κ1) is 62.4. The Morgan fingerprint density at radius 3 is 1.60 bits per heavy atom. The standard InChI is InChI=1S/C42H28Cl2N12O23S6/c1-16-37(42(59)55(54-16)29-13-23(44)31(14-22(29)43)81(65,66)67)52-48-24-6-2-17(10-32(24)82(68,69)70)46-53-38-34(84(74,75)76)12-21-19(39(38)57)4-9-27(41(21)85(77,78)79)50-51-28-15-30(80(62,63)64)20-5-8-26(40(58)35(20)36(28)45)49-47-25-7-3-18(56(60)61)11-33(25)83(71,72)73/h2-15,54,57-58H,45H2,1H3,(H,62,63,64)(H,65,66,67)(H,68,69,70)(H,71,72,73)(H,74,75,76)(H,77,78,79). The lowest BCUT2D eigenvalue weighted by Gasteiger charge is -2.13. The number of hydrogen-bond acceptors (Lipinski definition) is 26. The van der Waals surface area contributed by atoms with Crippen molar-refractivity contribution in [2.24, 2.45) is 40.9 Å². The molecular weight excluding hydrogens is 1300 g/mol. The van der Waals surface area contributed by atoms with Crippen molar-refractivity contribution in [1.82, 2.24) is 9.78 Å². The van der Waals surface area contributed by atoms with Gasteiger partial charge in [0.05, 0.1) is 43.1 Å². The molecule has 0 saturated carbocycles. The Labute approximate surface area is 483 Å². The molecule has 0 aliphatic rings. The summed E-state index contributed by atoms with van der Waals surface area (Å²) >= 11 is 12.1. The molecule has 8 rings (SSSR count). The Morgan fingerprint density at radius 2 is 1.01 bits per heavy atom. The minimum atomic E-state index is -5.69. The van der Waals surface area contributed by atoms with Crippen LogP contribution in [0.3, 0.4) is 0 Å². The summed E-state index contributed by atoms with van der Waals surface area (Å²) in [4.78, 5) is 16.8. The molecule has 0 amide bonds. The number of H-pyrrole nitrogens is 1. The molecule has 0 aliphatic carbocycles. The fourth-order valence-electron chi connectivity index (χ4n) is 7.77. The molecule has 8 aromatic rings. The average molecular weight is 1330 g/mol. The van der Waals surface area contributed by atoms with Crippen LogP contribution in [0.2, 0.25) is 10.0 Å². The SMILES string of the molecule is Cc1[nH]n(-c2cc(Cl)c(S(=O)(=O)O)cc2Cl)c(=O)c1N=Nc1ccc(N=Nc2c(S(=O)(=O)O)cc3c(S(=O)(=O)O)c(N=Nc4cc(S(=O)(=O)O)c5ccc(N=Nc6ccc([N+](=O)[O-])cc6S(=O)(=O)O)c(O)c5c4N)ccc3c2O)cc1S(=O)(=O)O. The van der Waals surface area contributed by atoms with Crippen molar-refractivity contribution in [1.29, 1.82) is 0 Å². The Kier molecular flexibility index (Phi) is 16.2. The fraction of sp³-hybridized carbons (Fsp3) is 0.0238. The molecule has 11 N–H and O–H groups in total. The number of aromatic amines is 1. The summed E-state index contributed by atoms with van der Waals surface area (Å²) in [6, 6.07) is 10.2. The first-order chi connectivity index (χ1) is 39.2. The summed E-state index contributed by atoms with van der Waals surface area (Å²) in [5.74, 6) is -2.37. The van der Waals surface area contributed by atoms with Crippen molar-refractivity contribution < 1.29 is 93.0 Å². The van der Waals surface area contributed by atoms with Crippen molar-refractivity contribution >= 4 is 162 Å². The van der Waals surface area contributed by atoms with Crippen LogP contribution in [-0.2, 0) is 60.7 Å². The maximum absolute atomic E-state index is 13.4. The highest BCUT2D eigenvalue weighted by atomic mass is 35.5. The van der Waals surface area contributed by atoms with Gasteiger partial charge in [-0.1, -0.05) is 29.3 Å². The highest BCUT2D eigenvalue weighted by molar-refractivity contribution is 7.87. The molecule has 0 bridgehead atoms. The van der Waals surface area contributed by atoms with Crippen LogP contribution in [0.1, 0.15) is 5.69 Å². The number of aromatic hydroxyl groups is 2. The number of anilines is 1. The molecule has 0 spiro atoms. The maximum Gasteiger partial charge on any atom is 0.299 e. The molecule has 7 aromatic carbocycles. The summed E-state index contributed by atoms with van der Waals surface area (Å²) in [6.45, 7) is 1.30. The van der Waals surface area contributed by atoms with Gasteiger partial charge in [0.1, 0.15) is 63.5 Å². The number of fused-ring (bicyclic) bond motifs is 2. The van der Waals surface area contributed by atoms with Crippen LogP contribution >= 0.6 is 23.2 Å². The molecule has 0 aliphatic heterocycles. The predicted molar refractivity (Wildman–Crippen MR) is 292 cm³/mol. The van der Waals surface area contributed by atoms with Gasteiger partial charge < -0.3 is 15.9 Å². The van der Waals surface area contributed by atoms with Crippen LogP contribution in [-0.4, -0.2) is 103 Å². The first-order valence-electron chi connectivity index (χ1n) is 21.8. The fourth-order valence-corrected chi connectivity index (χ4v) is 12.6.